The quantitative estimate of drug-likeness (QED) is 0.430. The first kappa shape index (κ1) is 19.0. The summed E-state index contributed by atoms with van der Waals surface area (Å²) in [6.45, 7) is 0. The molecule has 0 aliphatic heterocycles. The second-order valence-electron chi connectivity index (χ2n) is 6.38. The van der Waals surface area contributed by atoms with Gasteiger partial charge in [-0.2, -0.15) is 0 Å². The molecule has 30 heavy (non-hydrogen) atoms. The van der Waals surface area contributed by atoms with Crippen molar-refractivity contribution in [3.8, 4) is 0 Å². The molecule has 0 saturated heterocycles. The number of nitrogens with one attached hydrogen (secondary N) is 2. The smallest absolute Gasteiger partial charge is 0.248 e. The Hall–Kier alpha value is -4.32. The third kappa shape index (κ3) is 4.56. The first-order chi connectivity index (χ1) is 14.7. The summed E-state index contributed by atoms with van der Waals surface area (Å²) in [6.07, 6.45) is 9.09. The Morgan fingerprint density at radius 3 is 1.50 bits per heavy atom. The van der Waals surface area contributed by atoms with E-state index in [1.165, 1.54) is 12.2 Å². The number of benzene rings is 2. The molecule has 0 saturated carbocycles. The van der Waals surface area contributed by atoms with Gasteiger partial charge in [-0.05, 0) is 48.6 Å². The van der Waals surface area contributed by atoms with Crippen LogP contribution in [-0.2, 0) is 9.59 Å². The van der Waals surface area contributed by atoms with Gasteiger partial charge in [0.25, 0.3) is 0 Å². The van der Waals surface area contributed by atoms with Crippen LogP contribution in [0.2, 0.25) is 0 Å². The van der Waals surface area contributed by atoms with Crippen LogP contribution in [0.5, 0.6) is 0 Å². The van der Waals surface area contributed by atoms with Gasteiger partial charge in [-0.3, -0.25) is 9.59 Å². The van der Waals surface area contributed by atoms with Crippen molar-refractivity contribution in [3.05, 3.63) is 96.9 Å². The van der Waals surface area contributed by atoms with Gasteiger partial charge in [0.2, 0.25) is 11.8 Å². The topological polar surface area (TPSA) is 84.5 Å². The van der Waals surface area contributed by atoms with Gasteiger partial charge in [0.05, 0.1) is 12.5 Å². The van der Waals surface area contributed by atoms with Crippen LogP contribution >= 0.6 is 0 Å². The molecular formula is C24H18N2O4. The van der Waals surface area contributed by atoms with E-state index >= 15 is 0 Å². The fourth-order valence-electron chi connectivity index (χ4n) is 2.96. The molecule has 0 radical (unpaired) electrons. The third-order valence-corrected chi connectivity index (χ3v) is 4.32. The SMILES string of the molecule is O=C(/C=C/c1ccco1)Nc1cccc2c(NC(=O)/C=C/c3ccco3)cccc12. The molecule has 2 amide bonds. The molecule has 0 atom stereocenters. The minimum Gasteiger partial charge on any atom is -0.465 e. The molecule has 0 bridgehead atoms. The van der Waals surface area contributed by atoms with Crippen LogP contribution in [0.1, 0.15) is 11.5 Å². The summed E-state index contributed by atoms with van der Waals surface area (Å²) < 4.78 is 10.4. The fraction of sp³-hybridized carbons (Fsp3) is 0. The average Bonchev–Trinajstić information content (AvgIpc) is 3.46. The Morgan fingerprint density at radius 1 is 0.633 bits per heavy atom. The molecule has 2 aromatic carbocycles. The summed E-state index contributed by atoms with van der Waals surface area (Å²) in [5.41, 5.74) is 1.28. The van der Waals surface area contributed by atoms with Crippen LogP contribution < -0.4 is 10.6 Å². The van der Waals surface area contributed by atoms with Crippen molar-refractivity contribution in [3.63, 3.8) is 0 Å². The average molecular weight is 398 g/mol. The Kier molecular flexibility index (Phi) is 5.57. The standard InChI is InChI=1S/C24H18N2O4/c27-23(13-11-17-5-3-15-29-17)25-21-9-1-7-19-20(21)8-2-10-22(19)26-24(28)14-12-18-6-4-16-30-18/h1-16H,(H,25,27)(H,26,28)/b13-11+,14-12+. The van der Waals surface area contributed by atoms with Gasteiger partial charge in [0.15, 0.2) is 0 Å². The van der Waals surface area contributed by atoms with Gasteiger partial charge in [-0.15, -0.1) is 0 Å². The summed E-state index contributed by atoms with van der Waals surface area (Å²) >= 11 is 0. The van der Waals surface area contributed by atoms with Crippen LogP contribution in [0, 0.1) is 0 Å². The fourth-order valence-corrected chi connectivity index (χ4v) is 2.96. The molecule has 2 aromatic heterocycles. The highest BCUT2D eigenvalue weighted by Gasteiger charge is 2.08. The third-order valence-electron chi connectivity index (χ3n) is 4.32. The van der Waals surface area contributed by atoms with E-state index in [0.29, 0.717) is 22.9 Å². The highest BCUT2D eigenvalue weighted by Crippen LogP contribution is 2.29. The van der Waals surface area contributed by atoms with Crippen molar-refractivity contribution < 1.29 is 18.4 Å². The molecule has 6 nitrogen and oxygen atoms in total. The van der Waals surface area contributed by atoms with Crippen molar-refractivity contribution >= 4 is 46.1 Å². The normalized spacial score (nSPS) is 11.3. The van der Waals surface area contributed by atoms with E-state index in [9.17, 15) is 9.59 Å². The first-order valence-electron chi connectivity index (χ1n) is 9.26. The van der Waals surface area contributed by atoms with Crippen molar-refractivity contribution in [2.24, 2.45) is 0 Å². The predicted octanol–water partition coefficient (Wildman–Crippen LogP) is 5.33. The number of rotatable bonds is 6. The van der Waals surface area contributed by atoms with E-state index < -0.39 is 0 Å². The van der Waals surface area contributed by atoms with Gasteiger partial charge in [-0.1, -0.05) is 24.3 Å². The summed E-state index contributed by atoms with van der Waals surface area (Å²) in [5.74, 6) is 0.621. The Bertz CT molecular complexity index is 1120. The number of carbonyl (C=O) groups is 2. The first-order valence-corrected chi connectivity index (χ1v) is 9.26. The Balaban J connectivity index is 1.52. The van der Waals surface area contributed by atoms with Crippen LogP contribution in [0.25, 0.3) is 22.9 Å². The van der Waals surface area contributed by atoms with Crippen LogP contribution in [0.15, 0.2) is 94.2 Å². The summed E-state index contributed by atoms with van der Waals surface area (Å²) in [4.78, 5) is 24.6. The molecule has 2 N–H and O–H groups in total. The molecule has 2 heterocycles. The second kappa shape index (κ2) is 8.79. The molecular weight excluding hydrogens is 380 g/mol. The van der Waals surface area contributed by atoms with Gasteiger partial charge >= 0.3 is 0 Å². The van der Waals surface area contributed by atoms with E-state index in [1.807, 2.05) is 36.4 Å². The minimum absolute atomic E-state index is 0.283. The molecule has 148 valence electrons. The minimum atomic E-state index is -0.283. The number of carbonyl (C=O) groups excluding carboxylic acids is 2. The van der Waals surface area contributed by atoms with Crippen LogP contribution in [0.3, 0.4) is 0 Å². The van der Waals surface area contributed by atoms with E-state index in [4.69, 9.17) is 8.83 Å². The van der Waals surface area contributed by atoms with Gasteiger partial charge in [0.1, 0.15) is 11.5 Å². The second-order valence-corrected chi connectivity index (χ2v) is 6.38. The number of anilines is 2. The van der Waals surface area contributed by atoms with Crippen molar-refractivity contribution in [1.82, 2.24) is 0 Å². The largest absolute Gasteiger partial charge is 0.465 e. The van der Waals surface area contributed by atoms with E-state index in [1.54, 1.807) is 48.9 Å². The van der Waals surface area contributed by atoms with E-state index in [0.717, 1.165) is 10.8 Å². The Morgan fingerprint density at radius 2 is 1.10 bits per heavy atom. The number of amides is 2. The zero-order chi connectivity index (χ0) is 20.8. The molecule has 0 aliphatic rings. The van der Waals surface area contributed by atoms with E-state index in [-0.39, 0.29) is 11.8 Å². The highest BCUT2D eigenvalue weighted by atomic mass is 16.3. The van der Waals surface area contributed by atoms with Crippen molar-refractivity contribution in [1.29, 1.82) is 0 Å². The lowest BCUT2D eigenvalue weighted by Gasteiger charge is -2.11. The molecule has 0 aliphatic carbocycles. The Labute approximate surface area is 172 Å². The van der Waals surface area contributed by atoms with E-state index in [2.05, 4.69) is 10.6 Å². The van der Waals surface area contributed by atoms with Crippen LogP contribution in [-0.4, -0.2) is 11.8 Å². The molecule has 6 heteroatoms. The zero-order valence-corrected chi connectivity index (χ0v) is 15.9. The van der Waals surface area contributed by atoms with Gasteiger partial charge in [0, 0.05) is 34.3 Å². The number of furan rings is 2. The maximum Gasteiger partial charge on any atom is 0.248 e. The molecule has 0 fully saturated rings. The monoisotopic (exact) mass is 398 g/mol. The van der Waals surface area contributed by atoms with Crippen LogP contribution in [0.4, 0.5) is 11.4 Å². The molecule has 0 spiro atoms. The highest BCUT2D eigenvalue weighted by molar-refractivity contribution is 6.12. The maximum absolute atomic E-state index is 12.3. The molecule has 4 rings (SSSR count). The number of hydrogen-bond donors (Lipinski definition) is 2. The summed E-state index contributed by atoms with van der Waals surface area (Å²) in [6, 6.07) is 18.1. The van der Waals surface area contributed by atoms with Crippen molar-refractivity contribution in [2.75, 3.05) is 10.6 Å². The molecule has 4 aromatic rings. The lowest BCUT2D eigenvalue weighted by molar-refractivity contribution is -0.112. The summed E-state index contributed by atoms with van der Waals surface area (Å²) in [5, 5.41) is 7.35. The van der Waals surface area contributed by atoms with Crippen molar-refractivity contribution in [2.45, 2.75) is 0 Å². The number of fused-ring (bicyclic) bond motifs is 1. The zero-order valence-electron chi connectivity index (χ0n) is 15.9. The number of hydrogen-bond acceptors (Lipinski definition) is 4. The lowest BCUT2D eigenvalue weighted by Crippen LogP contribution is -2.10. The van der Waals surface area contributed by atoms with Gasteiger partial charge < -0.3 is 19.5 Å². The maximum atomic E-state index is 12.3. The predicted molar refractivity (Wildman–Crippen MR) is 117 cm³/mol. The molecule has 0 unspecified atom stereocenters. The lowest BCUT2D eigenvalue weighted by atomic mass is 10.1. The van der Waals surface area contributed by atoms with Gasteiger partial charge in [-0.25, -0.2) is 0 Å². The summed E-state index contributed by atoms with van der Waals surface area (Å²) in [7, 11) is 0.